The minimum Gasteiger partial charge on any atom is -0.297 e. The fourth-order valence-electron chi connectivity index (χ4n) is 4.18. The molecule has 0 bridgehead atoms. The van der Waals surface area contributed by atoms with E-state index in [-0.39, 0.29) is 17.9 Å². The van der Waals surface area contributed by atoms with Crippen molar-refractivity contribution in [2.24, 2.45) is 0 Å². The van der Waals surface area contributed by atoms with Crippen molar-refractivity contribution in [2.75, 3.05) is 26.2 Å². The molecule has 5 nitrogen and oxygen atoms in total. The Balaban J connectivity index is 1.33. The molecule has 5 heteroatoms. The number of piperazine rings is 1. The number of nitrogens with zero attached hydrogens (tertiary/aromatic N) is 3. The van der Waals surface area contributed by atoms with Crippen LogP contribution in [0.15, 0.2) is 54.6 Å². The second-order valence-electron chi connectivity index (χ2n) is 7.82. The number of carbonyl (C=O) groups excluding carboxylic acids is 2. The molecule has 1 atom stereocenters. The second-order valence-corrected chi connectivity index (χ2v) is 7.82. The van der Waals surface area contributed by atoms with Crippen molar-refractivity contribution in [3.8, 4) is 0 Å². The van der Waals surface area contributed by atoms with Crippen molar-refractivity contribution in [1.29, 1.82) is 0 Å². The van der Waals surface area contributed by atoms with E-state index < -0.39 is 0 Å². The van der Waals surface area contributed by atoms with Gasteiger partial charge >= 0.3 is 0 Å². The Morgan fingerprint density at radius 3 is 2.29 bits per heavy atom. The molecule has 4 rings (SSSR count). The van der Waals surface area contributed by atoms with E-state index in [1.54, 1.807) is 0 Å². The summed E-state index contributed by atoms with van der Waals surface area (Å²) in [5.41, 5.74) is 3.60. The molecule has 2 fully saturated rings. The van der Waals surface area contributed by atoms with E-state index in [1.165, 1.54) is 16.0 Å². The third kappa shape index (κ3) is 4.16. The Morgan fingerprint density at radius 2 is 1.57 bits per heavy atom. The number of aryl methyl sites for hydroxylation is 1. The van der Waals surface area contributed by atoms with Crippen molar-refractivity contribution in [2.45, 2.75) is 32.5 Å². The predicted molar refractivity (Wildman–Crippen MR) is 108 cm³/mol. The van der Waals surface area contributed by atoms with Crippen LogP contribution in [0.3, 0.4) is 0 Å². The molecule has 2 aliphatic rings. The van der Waals surface area contributed by atoms with Gasteiger partial charge in [-0.1, -0.05) is 60.2 Å². The molecule has 0 aliphatic carbocycles. The Morgan fingerprint density at radius 1 is 0.857 bits per heavy atom. The van der Waals surface area contributed by atoms with Gasteiger partial charge in [0.15, 0.2) is 0 Å². The van der Waals surface area contributed by atoms with Crippen LogP contribution in [0.1, 0.15) is 23.1 Å². The zero-order chi connectivity index (χ0) is 19.5. The number of imide groups is 1. The predicted octanol–water partition coefficient (Wildman–Crippen LogP) is 2.44. The Kier molecular flexibility index (Phi) is 5.55. The van der Waals surface area contributed by atoms with Gasteiger partial charge in [0.25, 0.3) is 0 Å². The first kappa shape index (κ1) is 18.8. The summed E-state index contributed by atoms with van der Waals surface area (Å²) in [6, 6.07) is 18.0. The number of rotatable bonds is 5. The molecule has 0 saturated carbocycles. The van der Waals surface area contributed by atoms with Crippen LogP contribution in [0.25, 0.3) is 0 Å². The first-order chi connectivity index (χ1) is 13.6. The summed E-state index contributed by atoms with van der Waals surface area (Å²) in [5.74, 6) is -0.0953. The molecule has 2 aromatic carbocycles. The van der Waals surface area contributed by atoms with Gasteiger partial charge in [-0.2, -0.15) is 0 Å². The molecule has 0 aromatic heterocycles. The molecular weight excluding hydrogens is 350 g/mol. The fourth-order valence-corrected chi connectivity index (χ4v) is 4.18. The molecule has 28 heavy (non-hydrogen) atoms. The average molecular weight is 377 g/mol. The molecular formula is C23H27N3O2. The lowest BCUT2D eigenvalue weighted by Crippen LogP contribution is -2.52. The molecule has 146 valence electrons. The van der Waals surface area contributed by atoms with E-state index in [4.69, 9.17) is 0 Å². The van der Waals surface area contributed by atoms with Gasteiger partial charge in [-0.05, 0) is 18.1 Å². The molecule has 2 amide bonds. The van der Waals surface area contributed by atoms with Crippen LogP contribution in [0.5, 0.6) is 0 Å². The number of hydrogen-bond donors (Lipinski definition) is 0. The summed E-state index contributed by atoms with van der Waals surface area (Å²) >= 11 is 0. The van der Waals surface area contributed by atoms with Crippen LogP contribution < -0.4 is 0 Å². The van der Waals surface area contributed by atoms with E-state index in [9.17, 15) is 9.59 Å². The first-order valence-corrected chi connectivity index (χ1v) is 10.0. The highest BCUT2D eigenvalue weighted by molar-refractivity contribution is 6.05. The van der Waals surface area contributed by atoms with Crippen molar-refractivity contribution >= 4 is 11.8 Å². The lowest BCUT2D eigenvalue weighted by Gasteiger charge is -2.37. The Bertz CT molecular complexity index is 844. The fraction of sp³-hybridized carbons (Fsp3) is 0.391. The van der Waals surface area contributed by atoms with Gasteiger partial charge in [0, 0.05) is 32.7 Å². The van der Waals surface area contributed by atoms with Gasteiger partial charge < -0.3 is 0 Å². The highest BCUT2D eigenvalue weighted by Gasteiger charge is 2.42. The molecule has 0 spiro atoms. The topological polar surface area (TPSA) is 43.9 Å². The average Bonchev–Trinajstić information content (AvgIpc) is 2.98. The van der Waals surface area contributed by atoms with Gasteiger partial charge in [0.1, 0.15) is 0 Å². The summed E-state index contributed by atoms with van der Waals surface area (Å²) in [6.45, 7) is 6.93. The summed E-state index contributed by atoms with van der Waals surface area (Å²) in [5, 5.41) is 0. The minimum atomic E-state index is -0.294. The first-order valence-electron chi connectivity index (χ1n) is 10.0. The van der Waals surface area contributed by atoms with Gasteiger partial charge in [-0.15, -0.1) is 0 Å². The highest BCUT2D eigenvalue weighted by Crippen LogP contribution is 2.22. The van der Waals surface area contributed by atoms with E-state index >= 15 is 0 Å². The number of likely N-dealkylation sites (tertiary alicyclic amines) is 1. The smallest absolute Gasteiger partial charge is 0.247 e. The Labute approximate surface area is 166 Å². The maximum atomic E-state index is 12.9. The number of amides is 2. The molecule has 2 aliphatic heterocycles. The lowest BCUT2D eigenvalue weighted by molar-refractivity contribution is -0.140. The zero-order valence-corrected chi connectivity index (χ0v) is 16.4. The number of carbonyl (C=O) groups is 2. The van der Waals surface area contributed by atoms with Gasteiger partial charge in [-0.25, -0.2) is 0 Å². The number of benzene rings is 2. The normalized spacial score (nSPS) is 21.5. The van der Waals surface area contributed by atoms with E-state index in [1.807, 2.05) is 30.3 Å². The SMILES string of the molecule is Cc1cccc(CN2CCN(C3CC(=O)N(Cc4ccccc4)C3=O)CC2)c1. The summed E-state index contributed by atoms with van der Waals surface area (Å²) in [4.78, 5) is 31.4. The molecule has 2 saturated heterocycles. The van der Waals surface area contributed by atoms with Crippen LogP contribution in [-0.4, -0.2) is 58.7 Å². The molecule has 0 N–H and O–H groups in total. The maximum absolute atomic E-state index is 12.9. The lowest BCUT2D eigenvalue weighted by atomic mass is 10.1. The van der Waals surface area contributed by atoms with Crippen LogP contribution in [-0.2, 0) is 22.7 Å². The third-order valence-corrected chi connectivity index (χ3v) is 5.74. The van der Waals surface area contributed by atoms with Crippen LogP contribution in [0, 0.1) is 6.92 Å². The standard InChI is InChI=1S/C23H27N3O2/c1-18-6-5-9-20(14-18)16-24-10-12-25(13-11-24)21-15-22(27)26(23(21)28)17-19-7-3-2-4-8-19/h2-9,14,21H,10-13,15-17H2,1H3. The van der Waals surface area contributed by atoms with Crippen molar-refractivity contribution < 1.29 is 9.59 Å². The Hall–Kier alpha value is -2.50. The quantitative estimate of drug-likeness (QED) is 0.751. The van der Waals surface area contributed by atoms with Gasteiger partial charge in [0.2, 0.25) is 11.8 Å². The molecule has 2 heterocycles. The van der Waals surface area contributed by atoms with Crippen LogP contribution in [0.4, 0.5) is 0 Å². The van der Waals surface area contributed by atoms with Crippen molar-refractivity contribution in [3.05, 3.63) is 71.3 Å². The monoisotopic (exact) mass is 377 g/mol. The molecule has 2 aromatic rings. The van der Waals surface area contributed by atoms with Crippen LogP contribution >= 0.6 is 0 Å². The van der Waals surface area contributed by atoms with E-state index in [0.717, 1.165) is 38.3 Å². The largest absolute Gasteiger partial charge is 0.297 e. The van der Waals surface area contributed by atoms with Crippen molar-refractivity contribution in [1.82, 2.24) is 14.7 Å². The maximum Gasteiger partial charge on any atom is 0.247 e. The molecule has 1 unspecified atom stereocenters. The van der Waals surface area contributed by atoms with Gasteiger partial charge in [0.05, 0.1) is 19.0 Å². The summed E-state index contributed by atoms with van der Waals surface area (Å²) < 4.78 is 0. The van der Waals surface area contributed by atoms with Crippen molar-refractivity contribution in [3.63, 3.8) is 0 Å². The second kappa shape index (κ2) is 8.25. The van der Waals surface area contributed by atoms with E-state index in [2.05, 4.69) is 41.0 Å². The van der Waals surface area contributed by atoms with Crippen LogP contribution in [0.2, 0.25) is 0 Å². The number of hydrogen-bond acceptors (Lipinski definition) is 4. The van der Waals surface area contributed by atoms with E-state index in [0.29, 0.717) is 13.0 Å². The summed E-state index contributed by atoms with van der Waals surface area (Å²) in [7, 11) is 0. The molecule has 0 radical (unpaired) electrons. The summed E-state index contributed by atoms with van der Waals surface area (Å²) in [6.07, 6.45) is 0.309. The highest BCUT2D eigenvalue weighted by atomic mass is 16.2. The third-order valence-electron chi connectivity index (χ3n) is 5.74. The zero-order valence-electron chi connectivity index (χ0n) is 16.4. The minimum absolute atomic E-state index is 0.0408. The van der Waals surface area contributed by atoms with Gasteiger partial charge in [-0.3, -0.25) is 24.3 Å².